The highest BCUT2D eigenvalue weighted by Gasteiger charge is 2.17. The standard InChI is InChI=1S/C21H43O7P.C3H8O3/c1-2-3-4-5-6-7-8-9-10-11-12-13-14-15-16-17-21(23)27-18-20(22)19-28-29(24,25)26;4-1-3(6)2-5/h20,22H,2-19H2,1H3,(H2,24,25,26);3-6H,1-2H2. The van der Waals surface area contributed by atoms with Crippen LogP contribution in [0.1, 0.15) is 110 Å². The van der Waals surface area contributed by atoms with E-state index >= 15 is 0 Å². The number of carbonyl (C=O) groups excluding carboxylic acids is 1. The van der Waals surface area contributed by atoms with Crippen molar-refractivity contribution in [2.24, 2.45) is 0 Å². The summed E-state index contributed by atoms with van der Waals surface area (Å²) in [6, 6.07) is 0. The van der Waals surface area contributed by atoms with E-state index in [1.807, 2.05) is 0 Å². The molecule has 0 aliphatic carbocycles. The van der Waals surface area contributed by atoms with Crippen LogP contribution >= 0.6 is 7.82 Å². The van der Waals surface area contributed by atoms with Gasteiger partial charge in [-0.05, 0) is 6.42 Å². The molecule has 0 fully saturated rings. The zero-order valence-corrected chi connectivity index (χ0v) is 22.5. The number of ether oxygens (including phenoxy) is 1. The van der Waals surface area contributed by atoms with Crippen LogP contribution in [0.4, 0.5) is 0 Å². The van der Waals surface area contributed by atoms with Crippen molar-refractivity contribution in [2.45, 2.75) is 122 Å². The molecule has 1 unspecified atom stereocenters. The highest BCUT2D eigenvalue weighted by Crippen LogP contribution is 2.35. The monoisotopic (exact) mass is 530 g/mol. The predicted octanol–water partition coefficient (Wildman–Crippen LogP) is 3.59. The van der Waals surface area contributed by atoms with E-state index in [1.165, 1.54) is 77.0 Å². The lowest BCUT2D eigenvalue weighted by Gasteiger charge is -2.12. The van der Waals surface area contributed by atoms with Crippen LogP contribution in [0.25, 0.3) is 0 Å². The minimum atomic E-state index is -4.61. The minimum absolute atomic E-state index is 0.296. The molecule has 0 rings (SSSR count). The average molecular weight is 531 g/mol. The first kappa shape index (κ1) is 36.6. The highest BCUT2D eigenvalue weighted by atomic mass is 31.2. The Kier molecular flexibility index (Phi) is 27.7. The molecule has 0 spiro atoms. The minimum Gasteiger partial charge on any atom is -0.463 e. The number of aliphatic hydroxyl groups is 4. The maximum Gasteiger partial charge on any atom is 0.469 e. The van der Waals surface area contributed by atoms with Gasteiger partial charge in [-0.15, -0.1) is 0 Å². The van der Waals surface area contributed by atoms with Crippen LogP contribution in [0.3, 0.4) is 0 Å². The zero-order chi connectivity index (χ0) is 26.8. The van der Waals surface area contributed by atoms with E-state index in [-0.39, 0.29) is 19.8 Å². The van der Waals surface area contributed by atoms with Crippen molar-refractivity contribution in [3.8, 4) is 0 Å². The van der Waals surface area contributed by atoms with Crippen molar-refractivity contribution in [1.82, 2.24) is 0 Å². The summed E-state index contributed by atoms with van der Waals surface area (Å²) in [7, 11) is -4.61. The van der Waals surface area contributed by atoms with Crippen LogP contribution in [-0.4, -0.2) is 74.8 Å². The Labute approximate surface area is 211 Å². The summed E-state index contributed by atoms with van der Waals surface area (Å²) in [5.74, 6) is -0.407. The van der Waals surface area contributed by atoms with Crippen LogP contribution in [0.5, 0.6) is 0 Å². The van der Waals surface area contributed by atoms with E-state index in [0.717, 1.165) is 19.3 Å². The second kappa shape index (κ2) is 26.5. The Morgan fingerprint density at radius 3 is 1.43 bits per heavy atom. The second-order valence-electron chi connectivity index (χ2n) is 8.84. The first-order chi connectivity index (χ1) is 16.7. The lowest BCUT2D eigenvalue weighted by Crippen LogP contribution is -2.23. The van der Waals surface area contributed by atoms with Gasteiger partial charge in [-0.2, -0.15) is 0 Å². The summed E-state index contributed by atoms with van der Waals surface area (Å²) < 4.78 is 19.5. The van der Waals surface area contributed by atoms with Gasteiger partial charge in [0.05, 0.1) is 19.8 Å². The highest BCUT2D eigenvalue weighted by molar-refractivity contribution is 7.46. The smallest absolute Gasteiger partial charge is 0.463 e. The molecule has 0 aliphatic heterocycles. The van der Waals surface area contributed by atoms with Gasteiger partial charge in [-0.25, -0.2) is 4.57 Å². The molecule has 0 radical (unpaired) electrons. The number of aliphatic hydroxyl groups excluding tert-OH is 4. The largest absolute Gasteiger partial charge is 0.469 e. The van der Waals surface area contributed by atoms with Crippen molar-refractivity contribution in [3.05, 3.63) is 0 Å². The Morgan fingerprint density at radius 1 is 0.686 bits per heavy atom. The van der Waals surface area contributed by atoms with Crippen LogP contribution in [0.15, 0.2) is 0 Å². The topological polar surface area (TPSA) is 174 Å². The van der Waals surface area contributed by atoms with Crippen molar-refractivity contribution in [3.63, 3.8) is 0 Å². The fraction of sp³-hybridized carbons (Fsp3) is 0.958. The molecule has 0 aromatic rings. The van der Waals surface area contributed by atoms with Crippen LogP contribution in [0, 0.1) is 0 Å². The van der Waals surface area contributed by atoms with Crippen LogP contribution in [0.2, 0.25) is 0 Å². The van der Waals surface area contributed by atoms with E-state index < -0.39 is 32.6 Å². The number of rotatable bonds is 23. The Hall–Kier alpha value is -0.580. The van der Waals surface area contributed by atoms with E-state index in [2.05, 4.69) is 11.4 Å². The van der Waals surface area contributed by atoms with Gasteiger partial charge in [0.2, 0.25) is 0 Å². The summed E-state index contributed by atoms with van der Waals surface area (Å²) in [6.07, 6.45) is 17.0. The molecule has 0 aromatic heterocycles. The summed E-state index contributed by atoms with van der Waals surface area (Å²) in [6.45, 7) is 0.627. The molecule has 212 valence electrons. The van der Waals surface area contributed by atoms with E-state index in [1.54, 1.807) is 0 Å². The molecule has 6 N–H and O–H groups in total. The molecular formula is C24H51O10P. The number of esters is 1. The van der Waals surface area contributed by atoms with E-state index in [4.69, 9.17) is 29.8 Å². The fourth-order valence-corrected chi connectivity index (χ4v) is 3.56. The Morgan fingerprint density at radius 2 is 1.09 bits per heavy atom. The molecule has 10 nitrogen and oxygen atoms in total. The summed E-state index contributed by atoms with van der Waals surface area (Å²) in [5, 5.41) is 33.4. The number of phosphoric acid groups is 1. The van der Waals surface area contributed by atoms with Crippen molar-refractivity contribution >= 4 is 13.8 Å². The van der Waals surface area contributed by atoms with Gasteiger partial charge in [0.25, 0.3) is 0 Å². The van der Waals surface area contributed by atoms with Crippen molar-refractivity contribution in [1.29, 1.82) is 0 Å². The molecule has 0 saturated carbocycles. The van der Waals surface area contributed by atoms with E-state index in [9.17, 15) is 14.5 Å². The van der Waals surface area contributed by atoms with Crippen LogP contribution < -0.4 is 0 Å². The molecule has 0 bridgehead atoms. The lowest BCUT2D eigenvalue weighted by molar-refractivity contribution is -0.147. The van der Waals surface area contributed by atoms with Crippen LogP contribution in [-0.2, 0) is 18.6 Å². The third-order valence-corrected chi connectivity index (χ3v) is 5.76. The van der Waals surface area contributed by atoms with Gasteiger partial charge < -0.3 is 34.9 Å². The maximum atomic E-state index is 11.6. The summed E-state index contributed by atoms with van der Waals surface area (Å²) >= 11 is 0. The number of hydrogen-bond acceptors (Lipinski definition) is 8. The fourth-order valence-electron chi connectivity index (χ4n) is 3.19. The quantitative estimate of drug-likeness (QED) is 0.0651. The number of carbonyl (C=O) groups is 1. The average Bonchev–Trinajstić information content (AvgIpc) is 2.83. The Balaban J connectivity index is 0. The second-order valence-corrected chi connectivity index (χ2v) is 10.1. The number of phosphoric ester groups is 1. The molecule has 0 saturated heterocycles. The van der Waals surface area contributed by atoms with Gasteiger partial charge in [0.1, 0.15) is 18.8 Å². The lowest BCUT2D eigenvalue weighted by atomic mass is 10.0. The molecule has 0 aromatic carbocycles. The maximum absolute atomic E-state index is 11.6. The van der Waals surface area contributed by atoms with Gasteiger partial charge >= 0.3 is 13.8 Å². The zero-order valence-electron chi connectivity index (χ0n) is 21.6. The van der Waals surface area contributed by atoms with Gasteiger partial charge in [-0.1, -0.05) is 96.8 Å². The third-order valence-electron chi connectivity index (χ3n) is 5.28. The molecule has 1 atom stereocenters. The van der Waals surface area contributed by atoms with Gasteiger partial charge in [0.15, 0.2) is 0 Å². The normalized spacial score (nSPS) is 12.3. The predicted molar refractivity (Wildman–Crippen MR) is 135 cm³/mol. The first-order valence-electron chi connectivity index (χ1n) is 13.1. The van der Waals surface area contributed by atoms with Crippen molar-refractivity contribution in [2.75, 3.05) is 26.4 Å². The molecular weight excluding hydrogens is 479 g/mol. The summed E-state index contributed by atoms with van der Waals surface area (Å²) in [4.78, 5) is 28.6. The SMILES string of the molecule is CCCCCCCCCCCCCCCCCC(=O)OCC(O)COP(=O)(O)O.OCC(O)CO. The van der Waals surface area contributed by atoms with Gasteiger partial charge in [-0.3, -0.25) is 9.32 Å². The Bertz CT molecular complexity index is 497. The number of hydrogen-bond donors (Lipinski definition) is 6. The van der Waals surface area contributed by atoms with Gasteiger partial charge in [0, 0.05) is 6.42 Å². The first-order valence-corrected chi connectivity index (χ1v) is 14.6. The molecule has 0 heterocycles. The molecule has 11 heteroatoms. The van der Waals surface area contributed by atoms with Crippen molar-refractivity contribution < 1.29 is 48.8 Å². The molecule has 35 heavy (non-hydrogen) atoms. The third kappa shape index (κ3) is 33.4. The van der Waals surface area contributed by atoms with E-state index in [0.29, 0.717) is 6.42 Å². The molecule has 0 amide bonds. The summed E-state index contributed by atoms with van der Waals surface area (Å²) in [5.41, 5.74) is 0. The number of unbranched alkanes of at least 4 members (excludes halogenated alkanes) is 14. The molecule has 0 aliphatic rings.